The van der Waals surface area contributed by atoms with E-state index in [2.05, 4.69) is 4.99 Å². The van der Waals surface area contributed by atoms with Crippen LogP contribution in [0.4, 0.5) is 4.39 Å². The maximum atomic E-state index is 12.3. The quantitative estimate of drug-likeness (QED) is 0.478. The molecule has 1 unspecified atom stereocenters. The van der Waals surface area contributed by atoms with Crippen molar-refractivity contribution in [1.29, 1.82) is 0 Å². The summed E-state index contributed by atoms with van der Waals surface area (Å²) in [5.41, 5.74) is 1.14. The second-order valence-corrected chi connectivity index (χ2v) is 2.08. The minimum absolute atomic E-state index is 0.458. The molecule has 0 saturated carbocycles. The number of nitrogens with zero attached hydrogens (tertiary/aromatic N) is 1. The highest BCUT2D eigenvalue weighted by atomic mass is 19.1. The van der Waals surface area contributed by atoms with Gasteiger partial charge in [0.15, 0.2) is 6.30 Å². The van der Waals surface area contributed by atoms with Crippen molar-refractivity contribution < 1.29 is 4.39 Å². The number of allylic oxidation sites excluding steroid dienone is 1. The third-order valence-electron chi connectivity index (χ3n) is 1.38. The lowest BCUT2D eigenvalue weighted by molar-refractivity contribution is 0.348. The molecule has 0 amide bonds. The fourth-order valence-electron chi connectivity index (χ4n) is 0.774. The molecule has 0 bridgehead atoms. The fourth-order valence-corrected chi connectivity index (χ4v) is 0.774. The molecule has 1 heterocycles. The van der Waals surface area contributed by atoms with E-state index in [9.17, 15) is 4.39 Å². The van der Waals surface area contributed by atoms with Crippen molar-refractivity contribution in [3.8, 4) is 0 Å². The van der Waals surface area contributed by atoms with Gasteiger partial charge in [-0.05, 0) is 12.0 Å². The van der Waals surface area contributed by atoms with Crippen molar-refractivity contribution in [3.05, 3.63) is 11.6 Å². The molecule has 0 aromatic rings. The van der Waals surface area contributed by atoms with Crippen LogP contribution in [0.5, 0.6) is 0 Å². The van der Waals surface area contributed by atoms with Gasteiger partial charge in [-0.1, -0.05) is 13.0 Å². The Labute approximate surface area is 54.3 Å². The average molecular weight is 127 g/mol. The Balaban J connectivity index is 2.52. The Morgan fingerprint density at radius 3 is 3.11 bits per heavy atom. The SMILES string of the molecule is CCC1=CCC(F)N=C1. The molecule has 0 saturated heterocycles. The Morgan fingerprint density at radius 1 is 1.89 bits per heavy atom. The van der Waals surface area contributed by atoms with Crippen LogP contribution in [0.25, 0.3) is 0 Å². The van der Waals surface area contributed by atoms with Gasteiger partial charge in [0.2, 0.25) is 0 Å². The standard InChI is InChI=1S/C7H10FN/c1-2-6-3-4-7(8)9-5-6/h3,5,7H,2,4H2,1H3. The summed E-state index contributed by atoms with van der Waals surface area (Å²) in [7, 11) is 0. The number of aliphatic imine (C=N–C) groups is 1. The van der Waals surface area contributed by atoms with Gasteiger partial charge in [-0.25, -0.2) is 4.39 Å². The van der Waals surface area contributed by atoms with E-state index in [-0.39, 0.29) is 0 Å². The molecule has 1 nitrogen and oxygen atoms in total. The smallest absolute Gasteiger partial charge is 0.193 e. The van der Waals surface area contributed by atoms with Crippen LogP contribution < -0.4 is 0 Å². The maximum Gasteiger partial charge on any atom is 0.193 e. The third kappa shape index (κ3) is 1.63. The van der Waals surface area contributed by atoms with E-state index in [0.29, 0.717) is 6.42 Å². The summed E-state index contributed by atoms with van der Waals surface area (Å²) in [6.07, 6.45) is 3.95. The summed E-state index contributed by atoms with van der Waals surface area (Å²) in [6.45, 7) is 2.04. The molecule has 0 aliphatic carbocycles. The number of alkyl halides is 1. The highest BCUT2D eigenvalue weighted by molar-refractivity contribution is 5.79. The van der Waals surface area contributed by atoms with E-state index >= 15 is 0 Å². The number of rotatable bonds is 1. The summed E-state index contributed by atoms with van der Waals surface area (Å²) in [6, 6.07) is 0. The first kappa shape index (κ1) is 6.46. The Morgan fingerprint density at radius 2 is 2.67 bits per heavy atom. The zero-order valence-electron chi connectivity index (χ0n) is 5.47. The average Bonchev–Trinajstić information content (AvgIpc) is 1.90. The lowest BCUT2D eigenvalue weighted by atomic mass is 10.1. The summed E-state index contributed by atoms with van der Waals surface area (Å²) >= 11 is 0. The van der Waals surface area contributed by atoms with Crippen LogP contribution in [0.3, 0.4) is 0 Å². The van der Waals surface area contributed by atoms with Crippen molar-refractivity contribution in [2.45, 2.75) is 26.1 Å². The molecule has 1 rings (SSSR count). The van der Waals surface area contributed by atoms with Crippen LogP contribution in [0.15, 0.2) is 16.6 Å². The van der Waals surface area contributed by atoms with Gasteiger partial charge in [-0.15, -0.1) is 0 Å². The van der Waals surface area contributed by atoms with Crippen LogP contribution in [0.1, 0.15) is 19.8 Å². The van der Waals surface area contributed by atoms with Gasteiger partial charge in [0.1, 0.15) is 0 Å². The zero-order chi connectivity index (χ0) is 6.69. The molecule has 0 aromatic heterocycles. The number of halogens is 1. The van der Waals surface area contributed by atoms with E-state index in [4.69, 9.17) is 0 Å². The minimum Gasteiger partial charge on any atom is -0.256 e. The van der Waals surface area contributed by atoms with E-state index in [0.717, 1.165) is 12.0 Å². The van der Waals surface area contributed by atoms with Crippen LogP contribution in [0, 0.1) is 0 Å². The first-order valence-electron chi connectivity index (χ1n) is 3.19. The van der Waals surface area contributed by atoms with Gasteiger partial charge in [0.25, 0.3) is 0 Å². The van der Waals surface area contributed by atoms with Crippen molar-refractivity contribution in [2.24, 2.45) is 4.99 Å². The third-order valence-corrected chi connectivity index (χ3v) is 1.38. The molecular weight excluding hydrogens is 117 g/mol. The highest BCUT2D eigenvalue weighted by Gasteiger charge is 2.04. The van der Waals surface area contributed by atoms with E-state index in [1.165, 1.54) is 0 Å². The van der Waals surface area contributed by atoms with Crippen LogP contribution in [-0.2, 0) is 0 Å². The Kier molecular flexibility index (Phi) is 1.98. The van der Waals surface area contributed by atoms with Gasteiger partial charge in [-0.3, -0.25) is 4.99 Å². The minimum atomic E-state index is -0.986. The molecule has 1 aliphatic rings. The predicted molar refractivity (Wildman–Crippen MR) is 36.4 cm³/mol. The normalized spacial score (nSPS) is 26.0. The van der Waals surface area contributed by atoms with Gasteiger partial charge >= 0.3 is 0 Å². The lowest BCUT2D eigenvalue weighted by Gasteiger charge is -2.05. The first-order chi connectivity index (χ1) is 4.33. The van der Waals surface area contributed by atoms with Gasteiger partial charge in [0.05, 0.1) is 0 Å². The second-order valence-electron chi connectivity index (χ2n) is 2.08. The number of hydrogen-bond donors (Lipinski definition) is 0. The molecule has 1 atom stereocenters. The molecule has 2 heteroatoms. The number of dihydropyridines is 1. The van der Waals surface area contributed by atoms with Crippen molar-refractivity contribution in [1.82, 2.24) is 0 Å². The van der Waals surface area contributed by atoms with Crippen LogP contribution >= 0.6 is 0 Å². The van der Waals surface area contributed by atoms with Gasteiger partial charge in [-0.2, -0.15) is 0 Å². The summed E-state index contributed by atoms with van der Waals surface area (Å²) in [5.74, 6) is 0. The summed E-state index contributed by atoms with van der Waals surface area (Å²) in [4.78, 5) is 3.62. The summed E-state index contributed by atoms with van der Waals surface area (Å²) < 4.78 is 12.3. The van der Waals surface area contributed by atoms with Crippen LogP contribution in [-0.4, -0.2) is 12.5 Å². The molecule has 0 aromatic carbocycles. The van der Waals surface area contributed by atoms with Gasteiger partial charge in [0, 0.05) is 12.6 Å². The zero-order valence-corrected chi connectivity index (χ0v) is 5.47. The molecule has 1 aliphatic heterocycles. The monoisotopic (exact) mass is 127 g/mol. The van der Waals surface area contributed by atoms with E-state index in [1.807, 2.05) is 13.0 Å². The summed E-state index contributed by atoms with van der Waals surface area (Å²) in [5, 5.41) is 0. The van der Waals surface area contributed by atoms with Crippen molar-refractivity contribution in [2.75, 3.05) is 0 Å². The topological polar surface area (TPSA) is 12.4 Å². The molecule has 9 heavy (non-hydrogen) atoms. The maximum absolute atomic E-state index is 12.3. The Bertz CT molecular complexity index is 149. The highest BCUT2D eigenvalue weighted by Crippen LogP contribution is 2.10. The Hall–Kier alpha value is -0.660. The molecule has 0 N–H and O–H groups in total. The molecular formula is C7H10FN. The fraction of sp³-hybridized carbons (Fsp3) is 0.571. The van der Waals surface area contributed by atoms with E-state index < -0.39 is 6.30 Å². The second kappa shape index (κ2) is 2.76. The first-order valence-corrected chi connectivity index (χ1v) is 3.19. The molecule has 0 radical (unpaired) electrons. The van der Waals surface area contributed by atoms with Crippen LogP contribution in [0.2, 0.25) is 0 Å². The largest absolute Gasteiger partial charge is 0.256 e. The number of hydrogen-bond acceptors (Lipinski definition) is 1. The molecule has 0 spiro atoms. The lowest BCUT2D eigenvalue weighted by Crippen LogP contribution is -2.01. The van der Waals surface area contributed by atoms with Gasteiger partial charge < -0.3 is 0 Å². The molecule has 0 fully saturated rings. The predicted octanol–water partition coefficient (Wildman–Crippen LogP) is 2.09. The van der Waals surface area contributed by atoms with E-state index in [1.54, 1.807) is 6.21 Å². The molecule has 50 valence electrons. The van der Waals surface area contributed by atoms with Crippen molar-refractivity contribution >= 4 is 6.21 Å². The van der Waals surface area contributed by atoms with Crippen molar-refractivity contribution in [3.63, 3.8) is 0 Å².